The Balaban J connectivity index is 1.23. The van der Waals surface area contributed by atoms with Crippen molar-refractivity contribution in [3.63, 3.8) is 0 Å². The van der Waals surface area contributed by atoms with Crippen LogP contribution in [-0.4, -0.2) is 143 Å². The Hall–Kier alpha value is -4.87. The van der Waals surface area contributed by atoms with Gasteiger partial charge < -0.3 is 61.1 Å². The van der Waals surface area contributed by atoms with Gasteiger partial charge in [0.1, 0.15) is 37.0 Å². The van der Waals surface area contributed by atoms with E-state index in [1.165, 1.54) is 29.5 Å². The summed E-state index contributed by atoms with van der Waals surface area (Å²) in [6.07, 6.45) is -2.28. The smallest absolute Gasteiger partial charge is 0.409 e. The minimum absolute atomic E-state index is 0.00527. The average Bonchev–Trinajstić information content (AvgIpc) is 3.79. The number of nitrogens with two attached hydrogens (primary N) is 2. The van der Waals surface area contributed by atoms with Crippen LogP contribution in [0.15, 0.2) is 22.2 Å². The van der Waals surface area contributed by atoms with Gasteiger partial charge in [0.05, 0.1) is 19.8 Å². The Morgan fingerprint density at radius 3 is 2.50 bits per heavy atom. The highest BCUT2D eigenvalue weighted by molar-refractivity contribution is 5.91. The van der Waals surface area contributed by atoms with E-state index in [0.717, 1.165) is 4.57 Å². The number of aromatic nitrogens is 4. The Labute approximate surface area is 322 Å². The molecule has 2 aliphatic rings. The highest BCUT2D eigenvalue weighted by Gasteiger charge is 2.54. The lowest BCUT2D eigenvalue weighted by molar-refractivity contribution is -0.171. The molecule has 7 atom stereocenters. The fourth-order valence-electron chi connectivity index (χ4n) is 6.38. The van der Waals surface area contributed by atoms with Gasteiger partial charge >= 0.3 is 11.8 Å². The van der Waals surface area contributed by atoms with Gasteiger partial charge in [-0.25, -0.2) is 14.2 Å². The van der Waals surface area contributed by atoms with Gasteiger partial charge in [0, 0.05) is 33.6 Å². The van der Waals surface area contributed by atoms with E-state index in [-0.39, 0.29) is 68.4 Å². The number of aromatic amines is 1. The third-order valence-electron chi connectivity index (χ3n) is 9.13. The number of unbranched alkanes of at least 4 members (excludes halogenated alkanes) is 1. The molecule has 0 aromatic carbocycles. The van der Waals surface area contributed by atoms with Crippen molar-refractivity contribution in [2.24, 2.45) is 11.7 Å². The molecule has 0 saturated carbocycles. The standard InChI is InChI=1S/C34H54N10O12/c1-6-12-43-24-27(40-32(36)41-30(24)49)44(33(43)50)31-26-25(21(16-45)54-31)55-22(56-26)17-52-14-15-53-34(51)42(5)13-11-37-28(47)20(9-7-8-10-35)39-29(48)23(18(2)3)38-19(4)46/h6,18,20-23,25-26,31,45H,1,7-17,35H2,2-5H3,(H,37,47)(H,38,46)(H,39,48)(H3,36,40,41,49)/t20-,21+,22?,23-,25+,26+,31+/m0/s1. The summed E-state index contributed by atoms with van der Waals surface area (Å²) in [5.74, 6) is -1.70. The van der Waals surface area contributed by atoms with Crippen LogP contribution in [0.1, 0.15) is 46.3 Å². The molecule has 312 valence electrons. The van der Waals surface area contributed by atoms with E-state index in [0.29, 0.717) is 25.8 Å². The molecule has 22 nitrogen and oxygen atoms in total. The summed E-state index contributed by atoms with van der Waals surface area (Å²) in [5.41, 5.74) is 10.0. The lowest BCUT2D eigenvalue weighted by atomic mass is 10.0. The van der Waals surface area contributed by atoms with Crippen LogP contribution >= 0.6 is 0 Å². The fourth-order valence-corrected chi connectivity index (χ4v) is 6.38. The first-order valence-corrected chi connectivity index (χ1v) is 18.4. The Bertz CT molecular complexity index is 1810. The molecule has 0 aliphatic carbocycles. The number of anilines is 1. The van der Waals surface area contributed by atoms with Crippen molar-refractivity contribution in [3.05, 3.63) is 33.5 Å². The number of rotatable bonds is 21. The number of fused-ring (bicyclic) bond motifs is 2. The Kier molecular flexibility index (Phi) is 15.9. The van der Waals surface area contributed by atoms with E-state index in [4.69, 9.17) is 35.2 Å². The summed E-state index contributed by atoms with van der Waals surface area (Å²) in [6.45, 7) is 8.43. The molecular formula is C34H54N10O12. The van der Waals surface area contributed by atoms with Crippen molar-refractivity contribution >= 4 is 40.9 Å². The van der Waals surface area contributed by atoms with E-state index < -0.39 is 78.7 Å². The van der Waals surface area contributed by atoms with Crippen LogP contribution in [0, 0.1) is 5.92 Å². The summed E-state index contributed by atoms with van der Waals surface area (Å²) in [6, 6.07) is -1.68. The van der Waals surface area contributed by atoms with Crippen molar-refractivity contribution in [2.75, 3.05) is 58.8 Å². The van der Waals surface area contributed by atoms with Crippen molar-refractivity contribution in [3.8, 4) is 0 Å². The van der Waals surface area contributed by atoms with E-state index in [1.54, 1.807) is 13.8 Å². The van der Waals surface area contributed by atoms with Gasteiger partial charge in [-0.05, 0) is 31.7 Å². The summed E-state index contributed by atoms with van der Waals surface area (Å²) in [5, 5.41) is 18.1. The van der Waals surface area contributed by atoms with Gasteiger partial charge in [-0.1, -0.05) is 19.9 Å². The van der Waals surface area contributed by atoms with Crippen molar-refractivity contribution in [1.82, 2.24) is 40.0 Å². The number of imidazole rings is 1. The minimum atomic E-state index is -1.13. The molecule has 1 unspecified atom stereocenters. The van der Waals surface area contributed by atoms with Crippen LogP contribution in [0.25, 0.3) is 11.2 Å². The zero-order chi connectivity index (χ0) is 41.1. The third kappa shape index (κ3) is 10.7. The maximum Gasteiger partial charge on any atom is 0.409 e. The number of amides is 4. The first-order chi connectivity index (χ1) is 26.7. The normalized spacial score (nSPS) is 21.4. The molecule has 22 heteroatoms. The molecular weight excluding hydrogens is 740 g/mol. The van der Waals surface area contributed by atoms with Gasteiger partial charge in [-0.2, -0.15) is 4.98 Å². The quantitative estimate of drug-likeness (QED) is 0.0513. The number of likely N-dealkylation sites (N-methyl/N-ethyl adjacent to an activating group) is 1. The van der Waals surface area contributed by atoms with E-state index in [9.17, 15) is 33.9 Å². The van der Waals surface area contributed by atoms with Crippen LogP contribution in [-0.2, 0) is 44.6 Å². The highest BCUT2D eigenvalue weighted by Crippen LogP contribution is 2.39. The Morgan fingerprint density at radius 1 is 1.11 bits per heavy atom. The summed E-state index contributed by atoms with van der Waals surface area (Å²) in [4.78, 5) is 84.2. The topological polar surface area (TPSA) is 299 Å². The summed E-state index contributed by atoms with van der Waals surface area (Å²) < 4.78 is 31.1. The number of carbonyl (C=O) groups is 4. The zero-order valence-corrected chi connectivity index (χ0v) is 32.1. The second kappa shape index (κ2) is 20.3. The van der Waals surface area contributed by atoms with Crippen molar-refractivity contribution in [1.29, 1.82) is 0 Å². The van der Waals surface area contributed by atoms with Gasteiger partial charge in [-0.15, -0.1) is 6.58 Å². The number of H-pyrrole nitrogens is 1. The first kappa shape index (κ1) is 43.9. The van der Waals surface area contributed by atoms with Crippen LogP contribution in [0.2, 0.25) is 0 Å². The van der Waals surface area contributed by atoms with Crippen LogP contribution < -0.4 is 38.7 Å². The number of nitrogens with zero attached hydrogens (tertiary/aromatic N) is 4. The number of hydrogen-bond acceptors (Lipinski definition) is 15. The second-order valence-corrected chi connectivity index (χ2v) is 13.7. The van der Waals surface area contributed by atoms with Crippen LogP contribution in [0.5, 0.6) is 0 Å². The molecule has 9 N–H and O–H groups in total. The predicted molar refractivity (Wildman–Crippen MR) is 199 cm³/mol. The number of aliphatic hydroxyl groups excluding tert-OH is 1. The predicted octanol–water partition coefficient (Wildman–Crippen LogP) is -2.37. The number of hydrogen-bond donors (Lipinski definition) is 7. The number of nitrogens with one attached hydrogen (secondary N) is 4. The number of carbonyl (C=O) groups excluding carboxylic acids is 4. The summed E-state index contributed by atoms with van der Waals surface area (Å²) >= 11 is 0. The molecule has 4 heterocycles. The number of ether oxygens (including phenoxy) is 5. The molecule has 4 rings (SSSR count). The molecule has 2 aromatic rings. The molecule has 2 fully saturated rings. The second-order valence-electron chi connectivity index (χ2n) is 13.7. The van der Waals surface area contributed by atoms with Gasteiger partial charge in [0.15, 0.2) is 23.7 Å². The monoisotopic (exact) mass is 794 g/mol. The number of allylic oxidation sites excluding steroid dienone is 1. The number of nitrogen functional groups attached to an aromatic ring is 1. The molecule has 0 bridgehead atoms. The molecule has 0 spiro atoms. The van der Waals surface area contributed by atoms with Gasteiger partial charge in [0.2, 0.25) is 23.7 Å². The van der Waals surface area contributed by atoms with Crippen molar-refractivity contribution < 1.29 is 48.0 Å². The highest BCUT2D eigenvalue weighted by atomic mass is 16.8. The first-order valence-electron chi connectivity index (χ1n) is 18.4. The minimum Gasteiger partial charge on any atom is -0.447 e. The largest absolute Gasteiger partial charge is 0.447 e. The molecule has 2 saturated heterocycles. The lowest BCUT2D eigenvalue weighted by Crippen LogP contribution is -2.55. The van der Waals surface area contributed by atoms with Crippen LogP contribution in [0.3, 0.4) is 0 Å². The van der Waals surface area contributed by atoms with Crippen molar-refractivity contribution in [2.45, 2.75) is 89.5 Å². The zero-order valence-electron chi connectivity index (χ0n) is 32.1. The number of aliphatic hydroxyl groups is 1. The molecule has 2 aromatic heterocycles. The SMILES string of the molecule is C=CCn1c(=O)n([C@@H]2O[C@H](CO)[C@H]3OC(COCCOC(=O)N(C)CCNC(=O)[C@H](CCCCN)NC(=O)[C@@H](NC(C)=O)C(C)C)O[C@H]32)c2nc(N)[nH]c(=O)c21. The molecule has 2 aliphatic heterocycles. The maximum absolute atomic E-state index is 13.5. The van der Waals surface area contributed by atoms with Crippen LogP contribution in [0.4, 0.5) is 10.7 Å². The lowest BCUT2D eigenvalue weighted by Gasteiger charge is -2.25. The Morgan fingerprint density at radius 2 is 1.84 bits per heavy atom. The third-order valence-corrected chi connectivity index (χ3v) is 9.13. The molecule has 0 radical (unpaired) electrons. The summed E-state index contributed by atoms with van der Waals surface area (Å²) in [7, 11) is 1.49. The average molecular weight is 795 g/mol. The maximum atomic E-state index is 13.5. The molecule has 56 heavy (non-hydrogen) atoms. The van der Waals surface area contributed by atoms with E-state index in [1.807, 2.05) is 0 Å². The van der Waals surface area contributed by atoms with E-state index in [2.05, 4.69) is 32.5 Å². The van der Waals surface area contributed by atoms with Gasteiger partial charge in [-0.3, -0.25) is 28.7 Å². The van der Waals surface area contributed by atoms with E-state index >= 15 is 0 Å². The fraction of sp³-hybridized carbons (Fsp3) is 0.676. The van der Waals surface area contributed by atoms with Gasteiger partial charge in [0.25, 0.3) is 5.56 Å². The molecule has 4 amide bonds.